The van der Waals surface area contributed by atoms with E-state index in [9.17, 15) is 0 Å². The number of rotatable bonds is 6. The molecule has 0 unspecified atom stereocenters. The van der Waals surface area contributed by atoms with E-state index in [4.69, 9.17) is 4.42 Å². The van der Waals surface area contributed by atoms with Gasteiger partial charge in [0.2, 0.25) is 5.89 Å². The van der Waals surface area contributed by atoms with Gasteiger partial charge >= 0.3 is 0 Å². The fourth-order valence-corrected chi connectivity index (χ4v) is 4.58. The molecule has 6 nitrogen and oxygen atoms in total. The zero-order valence-electron chi connectivity index (χ0n) is 15.3. The van der Waals surface area contributed by atoms with E-state index in [0.717, 1.165) is 27.8 Å². The van der Waals surface area contributed by atoms with Gasteiger partial charge in [-0.05, 0) is 25.0 Å². The quantitative estimate of drug-likeness (QED) is 0.437. The van der Waals surface area contributed by atoms with Crippen LogP contribution in [0.3, 0.4) is 0 Å². The minimum absolute atomic E-state index is 0.554. The minimum Gasteiger partial charge on any atom is -0.419 e. The number of aromatic nitrogens is 5. The van der Waals surface area contributed by atoms with E-state index in [0.29, 0.717) is 17.5 Å². The lowest BCUT2D eigenvalue weighted by atomic mass is 10.2. The molecule has 0 N–H and O–H groups in total. The molecular formula is C19H19N5OS2. The lowest BCUT2D eigenvalue weighted by Gasteiger charge is -2.02. The maximum atomic E-state index is 5.85. The molecule has 4 rings (SSSR count). The summed E-state index contributed by atoms with van der Waals surface area (Å²) in [4.78, 5) is 2.38. The van der Waals surface area contributed by atoms with Crippen molar-refractivity contribution < 1.29 is 4.42 Å². The van der Waals surface area contributed by atoms with E-state index in [1.165, 1.54) is 22.2 Å². The Morgan fingerprint density at radius 1 is 1.11 bits per heavy atom. The second-order valence-electron chi connectivity index (χ2n) is 6.09. The third-order valence-corrected chi connectivity index (χ3v) is 6.59. The van der Waals surface area contributed by atoms with Gasteiger partial charge in [-0.3, -0.25) is 0 Å². The first-order valence-electron chi connectivity index (χ1n) is 8.65. The van der Waals surface area contributed by atoms with Crippen LogP contribution in [0.2, 0.25) is 0 Å². The van der Waals surface area contributed by atoms with Crippen LogP contribution in [0.4, 0.5) is 0 Å². The van der Waals surface area contributed by atoms with Crippen LogP contribution < -0.4 is 0 Å². The number of thioether (sulfide) groups is 1. The molecule has 0 saturated heterocycles. The Balaban J connectivity index is 1.47. The maximum absolute atomic E-state index is 5.85. The lowest BCUT2D eigenvalue weighted by Crippen LogP contribution is -1.95. The third-order valence-electron chi connectivity index (χ3n) is 4.21. The van der Waals surface area contributed by atoms with E-state index in [2.05, 4.69) is 40.3 Å². The number of nitrogens with zero attached hydrogens (tertiary/aromatic N) is 5. The molecule has 138 valence electrons. The van der Waals surface area contributed by atoms with E-state index in [1.54, 1.807) is 11.3 Å². The normalized spacial score (nSPS) is 11.2. The fourth-order valence-electron chi connectivity index (χ4n) is 2.79. The Morgan fingerprint density at radius 3 is 2.67 bits per heavy atom. The molecule has 0 radical (unpaired) electrons. The zero-order chi connectivity index (χ0) is 18.8. The van der Waals surface area contributed by atoms with Crippen molar-refractivity contribution in [3.63, 3.8) is 0 Å². The van der Waals surface area contributed by atoms with Gasteiger partial charge in [-0.2, -0.15) is 0 Å². The Bertz CT molecular complexity index is 1050. The van der Waals surface area contributed by atoms with Crippen LogP contribution in [0.1, 0.15) is 23.3 Å². The number of hydrogen-bond acceptors (Lipinski definition) is 7. The molecule has 0 amide bonds. The molecule has 0 atom stereocenters. The first-order valence-corrected chi connectivity index (χ1v) is 10.5. The highest BCUT2D eigenvalue weighted by atomic mass is 32.2. The fraction of sp³-hybridized carbons (Fsp3) is 0.263. The zero-order valence-corrected chi connectivity index (χ0v) is 17.0. The topological polar surface area (TPSA) is 69.6 Å². The number of hydrogen-bond donors (Lipinski definition) is 0. The maximum Gasteiger partial charge on any atom is 0.257 e. The molecule has 1 aromatic carbocycles. The standard InChI is InChI=1S/C19H19N5OS2/c1-4-14-12(2)10-15(27-14)18-22-20-16(25-18)11-26-19-23-21-17(24(19)3)13-8-6-5-7-9-13/h5-10H,4,11H2,1-3H3. The molecular weight excluding hydrogens is 378 g/mol. The first-order chi connectivity index (χ1) is 13.2. The molecule has 3 heterocycles. The van der Waals surface area contributed by atoms with Crippen LogP contribution in [-0.4, -0.2) is 25.0 Å². The first kappa shape index (κ1) is 17.9. The summed E-state index contributed by atoms with van der Waals surface area (Å²) in [6.45, 7) is 4.27. The van der Waals surface area contributed by atoms with E-state index >= 15 is 0 Å². The van der Waals surface area contributed by atoms with Crippen molar-refractivity contribution in [2.75, 3.05) is 0 Å². The second kappa shape index (κ2) is 7.66. The van der Waals surface area contributed by atoms with Crippen molar-refractivity contribution in [2.45, 2.75) is 31.2 Å². The van der Waals surface area contributed by atoms with Crippen LogP contribution in [0.25, 0.3) is 22.2 Å². The highest BCUT2D eigenvalue weighted by Crippen LogP contribution is 2.32. The van der Waals surface area contributed by atoms with Gasteiger partial charge in [0.1, 0.15) is 0 Å². The Hall–Kier alpha value is -2.45. The van der Waals surface area contributed by atoms with Crippen molar-refractivity contribution in [2.24, 2.45) is 7.05 Å². The average molecular weight is 398 g/mol. The van der Waals surface area contributed by atoms with Crippen molar-refractivity contribution in [3.05, 3.63) is 52.7 Å². The Kier molecular flexibility index (Phi) is 5.09. The van der Waals surface area contributed by atoms with Crippen LogP contribution in [0.5, 0.6) is 0 Å². The lowest BCUT2D eigenvalue weighted by molar-refractivity contribution is 0.529. The van der Waals surface area contributed by atoms with Gasteiger partial charge in [0.05, 0.1) is 10.6 Å². The van der Waals surface area contributed by atoms with Gasteiger partial charge in [0.15, 0.2) is 11.0 Å². The number of benzene rings is 1. The molecule has 0 aliphatic rings. The van der Waals surface area contributed by atoms with Gasteiger partial charge in [-0.1, -0.05) is 49.0 Å². The Morgan fingerprint density at radius 2 is 1.93 bits per heavy atom. The molecule has 8 heteroatoms. The summed E-state index contributed by atoms with van der Waals surface area (Å²) in [6, 6.07) is 12.1. The average Bonchev–Trinajstić information content (AvgIpc) is 3.39. The van der Waals surface area contributed by atoms with Crippen molar-refractivity contribution in [1.29, 1.82) is 0 Å². The highest BCUT2D eigenvalue weighted by Gasteiger charge is 2.15. The van der Waals surface area contributed by atoms with Crippen molar-refractivity contribution >= 4 is 23.1 Å². The van der Waals surface area contributed by atoms with E-state index in [-0.39, 0.29) is 0 Å². The van der Waals surface area contributed by atoms with Gasteiger partial charge in [-0.25, -0.2) is 0 Å². The molecule has 0 aliphatic heterocycles. The predicted molar refractivity (Wildman–Crippen MR) is 108 cm³/mol. The molecule has 0 saturated carbocycles. The summed E-state index contributed by atoms with van der Waals surface area (Å²) in [5.74, 6) is 2.56. The molecule has 3 aromatic heterocycles. The van der Waals surface area contributed by atoms with Crippen LogP contribution in [0, 0.1) is 6.92 Å². The highest BCUT2D eigenvalue weighted by molar-refractivity contribution is 7.98. The molecule has 0 bridgehead atoms. The molecule has 0 spiro atoms. The van der Waals surface area contributed by atoms with Crippen molar-refractivity contribution in [1.82, 2.24) is 25.0 Å². The number of thiophene rings is 1. The molecule has 0 fully saturated rings. The monoisotopic (exact) mass is 397 g/mol. The molecule has 0 aliphatic carbocycles. The predicted octanol–water partition coefficient (Wildman–Crippen LogP) is 4.76. The molecule has 4 aromatic rings. The smallest absolute Gasteiger partial charge is 0.257 e. The SMILES string of the molecule is CCc1sc(-c2nnc(CSc3nnc(-c4ccccc4)n3C)o2)cc1C. The van der Waals surface area contributed by atoms with E-state index in [1.807, 2.05) is 41.9 Å². The van der Waals surface area contributed by atoms with Gasteiger partial charge in [0, 0.05) is 17.5 Å². The van der Waals surface area contributed by atoms with Crippen LogP contribution in [0.15, 0.2) is 46.0 Å². The van der Waals surface area contributed by atoms with Gasteiger partial charge in [-0.15, -0.1) is 31.7 Å². The summed E-state index contributed by atoms with van der Waals surface area (Å²) < 4.78 is 7.83. The van der Waals surface area contributed by atoms with Crippen LogP contribution in [-0.2, 0) is 19.2 Å². The third kappa shape index (κ3) is 3.68. The van der Waals surface area contributed by atoms with E-state index < -0.39 is 0 Å². The summed E-state index contributed by atoms with van der Waals surface area (Å²) in [7, 11) is 1.96. The summed E-state index contributed by atoms with van der Waals surface area (Å²) >= 11 is 3.25. The van der Waals surface area contributed by atoms with Crippen LogP contribution >= 0.6 is 23.1 Å². The number of aryl methyl sites for hydroxylation is 2. The summed E-state index contributed by atoms with van der Waals surface area (Å²) in [5, 5.41) is 17.8. The molecule has 27 heavy (non-hydrogen) atoms. The minimum atomic E-state index is 0.554. The summed E-state index contributed by atoms with van der Waals surface area (Å²) in [5.41, 5.74) is 2.32. The van der Waals surface area contributed by atoms with Gasteiger partial charge in [0.25, 0.3) is 5.89 Å². The second-order valence-corrected chi connectivity index (χ2v) is 8.17. The van der Waals surface area contributed by atoms with Gasteiger partial charge < -0.3 is 8.98 Å². The van der Waals surface area contributed by atoms with Crippen molar-refractivity contribution in [3.8, 4) is 22.2 Å². The largest absolute Gasteiger partial charge is 0.419 e. The Labute approximate surface area is 165 Å². The summed E-state index contributed by atoms with van der Waals surface area (Å²) in [6.07, 6.45) is 1.02.